The van der Waals surface area contributed by atoms with E-state index in [2.05, 4.69) is 0 Å². The number of hydrogen-bond acceptors (Lipinski definition) is 17. The number of aliphatic hydroxyl groups excluding tert-OH is 10. The molecule has 0 radical (unpaired) electrons. The second-order valence-electron chi connectivity index (χ2n) is 13.4. The van der Waals surface area contributed by atoms with Crippen molar-refractivity contribution in [2.24, 2.45) is 11.8 Å². The maximum Gasteiger partial charge on any atom is 0.303 e. The normalized spacial score (nSPS) is 53.3. The first-order chi connectivity index (χ1) is 21.7. The van der Waals surface area contributed by atoms with Gasteiger partial charge in [0.15, 0.2) is 18.7 Å². The van der Waals surface area contributed by atoms with Crippen molar-refractivity contribution in [1.82, 2.24) is 0 Å². The minimum absolute atomic E-state index is 0.0439. The third-order valence-corrected chi connectivity index (χ3v) is 10.0. The van der Waals surface area contributed by atoms with E-state index in [9.17, 15) is 55.9 Å². The van der Waals surface area contributed by atoms with Crippen molar-refractivity contribution in [2.45, 2.75) is 156 Å². The minimum Gasteiger partial charge on any atom is -0.457 e. The molecule has 0 aromatic rings. The molecule has 5 fully saturated rings. The van der Waals surface area contributed by atoms with Crippen molar-refractivity contribution in [3.05, 3.63) is 0 Å². The molecule has 17 heteroatoms. The molecule has 5 rings (SSSR count). The number of fused-ring (bicyclic) bond motifs is 1. The van der Waals surface area contributed by atoms with Gasteiger partial charge in [0.1, 0.15) is 42.7 Å². The number of carbonyl (C=O) groups is 1. The van der Waals surface area contributed by atoms with Gasteiger partial charge in [0.2, 0.25) is 0 Å². The highest BCUT2D eigenvalue weighted by Gasteiger charge is 2.53. The Kier molecular flexibility index (Phi) is 11.6. The number of aliphatic hydroxyl groups is 10. The van der Waals surface area contributed by atoms with Crippen LogP contribution in [0.5, 0.6) is 0 Å². The zero-order chi connectivity index (χ0) is 33.6. The molecule has 2 saturated carbocycles. The van der Waals surface area contributed by atoms with Crippen LogP contribution in [0, 0.1) is 11.8 Å². The Labute approximate surface area is 265 Å². The Morgan fingerprint density at radius 3 is 2.02 bits per heavy atom. The molecule has 2 aliphatic carbocycles. The second-order valence-corrected chi connectivity index (χ2v) is 13.4. The lowest BCUT2D eigenvalue weighted by Gasteiger charge is -2.51. The van der Waals surface area contributed by atoms with E-state index in [4.69, 9.17) is 28.4 Å². The van der Waals surface area contributed by atoms with Crippen LogP contribution >= 0.6 is 0 Å². The highest BCUT2D eigenvalue weighted by Crippen LogP contribution is 2.43. The standard InChI is InChI=1S/C29H48O17/c1-9-20(35)27(43-10(2)30)25(40)28(42-9)41-8-19-22(37)23(38)24(39)29(46-19)45-18-7-13-14(32)5-12(31)6-17(13)44-26(18)11-3-15(33)21(36)16(34)4-11/h9,11-29,31-40H,3-8H2,1-2H3. The molecule has 10 N–H and O–H groups in total. The summed E-state index contributed by atoms with van der Waals surface area (Å²) in [6.45, 7) is 2.07. The molecule has 0 spiro atoms. The molecular formula is C29H48O17. The largest absolute Gasteiger partial charge is 0.457 e. The highest BCUT2D eigenvalue weighted by molar-refractivity contribution is 5.66. The molecule has 3 heterocycles. The van der Waals surface area contributed by atoms with Gasteiger partial charge < -0.3 is 79.5 Å². The van der Waals surface area contributed by atoms with Crippen LogP contribution in [-0.2, 0) is 33.2 Å². The SMILES string of the molecule is CC(=O)OC1C(O)C(C)OC(OCC2OC(OC3CC4C(O)CC(O)CC4OC3C3CC(O)C(O)C(O)C3)C(O)C(O)C2O)C1O. The Hall–Kier alpha value is -1.13. The zero-order valence-corrected chi connectivity index (χ0v) is 25.6. The van der Waals surface area contributed by atoms with Crippen molar-refractivity contribution in [3.8, 4) is 0 Å². The van der Waals surface area contributed by atoms with E-state index in [0.29, 0.717) is 0 Å². The number of ether oxygens (including phenoxy) is 6. The van der Waals surface area contributed by atoms with E-state index in [1.165, 1.54) is 6.92 Å². The van der Waals surface area contributed by atoms with Crippen LogP contribution in [0.4, 0.5) is 0 Å². The summed E-state index contributed by atoms with van der Waals surface area (Å²) >= 11 is 0. The van der Waals surface area contributed by atoms with Crippen molar-refractivity contribution in [2.75, 3.05) is 6.61 Å². The number of rotatable bonds is 7. The third-order valence-electron chi connectivity index (χ3n) is 10.0. The van der Waals surface area contributed by atoms with Crippen LogP contribution in [0.2, 0.25) is 0 Å². The first-order valence-corrected chi connectivity index (χ1v) is 15.9. The topological polar surface area (TPSA) is 275 Å². The number of hydrogen-bond donors (Lipinski definition) is 10. The lowest BCUT2D eigenvalue weighted by Crippen LogP contribution is -2.63. The first-order valence-electron chi connectivity index (χ1n) is 15.9. The maximum atomic E-state index is 11.5. The van der Waals surface area contributed by atoms with Gasteiger partial charge in [0.25, 0.3) is 0 Å². The fourth-order valence-corrected chi connectivity index (χ4v) is 7.46. The van der Waals surface area contributed by atoms with E-state index in [0.717, 1.165) is 6.92 Å². The van der Waals surface area contributed by atoms with E-state index >= 15 is 0 Å². The van der Waals surface area contributed by atoms with Gasteiger partial charge in [-0.15, -0.1) is 0 Å². The van der Waals surface area contributed by atoms with Gasteiger partial charge in [-0.25, -0.2) is 0 Å². The quantitative estimate of drug-likeness (QED) is 0.114. The average Bonchev–Trinajstić information content (AvgIpc) is 2.99. The number of carbonyl (C=O) groups excluding carboxylic acids is 1. The number of esters is 1. The monoisotopic (exact) mass is 668 g/mol. The molecule has 17 nitrogen and oxygen atoms in total. The van der Waals surface area contributed by atoms with Gasteiger partial charge in [-0.05, 0) is 44.9 Å². The molecule has 46 heavy (non-hydrogen) atoms. The summed E-state index contributed by atoms with van der Waals surface area (Å²) in [6, 6.07) is 0. The van der Waals surface area contributed by atoms with E-state index in [1.54, 1.807) is 0 Å². The average molecular weight is 669 g/mol. The van der Waals surface area contributed by atoms with Gasteiger partial charge in [-0.1, -0.05) is 0 Å². The predicted octanol–water partition coefficient (Wildman–Crippen LogP) is -4.62. The van der Waals surface area contributed by atoms with Crippen molar-refractivity contribution >= 4 is 5.97 Å². The van der Waals surface area contributed by atoms with Crippen LogP contribution in [0.3, 0.4) is 0 Å². The molecule has 3 saturated heterocycles. The maximum absolute atomic E-state index is 11.5. The van der Waals surface area contributed by atoms with E-state index < -0.39 is 135 Å². The molecule has 18 unspecified atom stereocenters. The van der Waals surface area contributed by atoms with Crippen molar-refractivity contribution < 1.29 is 84.3 Å². The van der Waals surface area contributed by atoms with Gasteiger partial charge in [0.05, 0.1) is 55.4 Å². The smallest absolute Gasteiger partial charge is 0.303 e. The summed E-state index contributed by atoms with van der Waals surface area (Å²) in [6.07, 6.45) is -22.2. The van der Waals surface area contributed by atoms with Crippen LogP contribution in [0.25, 0.3) is 0 Å². The van der Waals surface area contributed by atoms with Gasteiger partial charge in [0, 0.05) is 12.8 Å². The van der Waals surface area contributed by atoms with Crippen LogP contribution in [-0.4, -0.2) is 174 Å². The second kappa shape index (κ2) is 14.8. The Morgan fingerprint density at radius 1 is 0.696 bits per heavy atom. The molecule has 5 aliphatic rings. The van der Waals surface area contributed by atoms with Crippen LogP contribution in [0.1, 0.15) is 46.0 Å². The van der Waals surface area contributed by atoms with E-state index in [-0.39, 0.29) is 32.1 Å². The zero-order valence-electron chi connectivity index (χ0n) is 25.6. The summed E-state index contributed by atoms with van der Waals surface area (Å²) in [5, 5.41) is 105. The Balaban J connectivity index is 1.30. The molecular weight excluding hydrogens is 620 g/mol. The van der Waals surface area contributed by atoms with Gasteiger partial charge >= 0.3 is 5.97 Å². The van der Waals surface area contributed by atoms with Gasteiger partial charge in [-0.2, -0.15) is 0 Å². The summed E-state index contributed by atoms with van der Waals surface area (Å²) in [4.78, 5) is 11.5. The summed E-state index contributed by atoms with van der Waals surface area (Å²) < 4.78 is 34.6. The fourth-order valence-electron chi connectivity index (χ4n) is 7.46. The summed E-state index contributed by atoms with van der Waals surface area (Å²) in [7, 11) is 0. The van der Waals surface area contributed by atoms with Crippen LogP contribution < -0.4 is 0 Å². The molecule has 266 valence electrons. The fraction of sp³-hybridized carbons (Fsp3) is 0.966. The van der Waals surface area contributed by atoms with Gasteiger partial charge in [-0.3, -0.25) is 4.79 Å². The minimum atomic E-state index is -1.78. The van der Waals surface area contributed by atoms with Crippen molar-refractivity contribution in [1.29, 1.82) is 0 Å². The Bertz CT molecular complexity index is 1010. The lowest BCUT2D eigenvalue weighted by molar-refractivity contribution is -0.346. The van der Waals surface area contributed by atoms with Crippen molar-refractivity contribution in [3.63, 3.8) is 0 Å². The predicted molar refractivity (Wildman–Crippen MR) is 148 cm³/mol. The first kappa shape index (κ1) is 36.2. The molecule has 18 atom stereocenters. The molecule has 0 aromatic heterocycles. The molecule has 0 bridgehead atoms. The third kappa shape index (κ3) is 7.54. The molecule has 3 aliphatic heterocycles. The lowest BCUT2D eigenvalue weighted by atomic mass is 9.72. The highest BCUT2D eigenvalue weighted by atomic mass is 16.7. The summed E-state index contributed by atoms with van der Waals surface area (Å²) in [5.41, 5.74) is 0. The molecule has 0 aromatic carbocycles. The summed E-state index contributed by atoms with van der Waals surface area (Å²) in [5.74, 6) is -1.77. The van der Waals surface area contributed by atoms with Crippen LogP contribution in [0.15, 0.2) is 0 Å². The van der Waals surface area contributed by atoms with E-state index in [1.807, 2.05) is 0 Å². The Morgan fingerprint density at radius 2 is 1.37 bits per heavy atom. The molecule has 0 amide bonds.